The Morgan fingerprint density at radius 3 is 2.50 bits per heavy atom. The van der Waals surface area contributed by atoms with Gasteiger partial charge in [0.15, 0.2) is 0 Å². The van der Waals surface area contributed by atoms with Crippen LogP contribution in [-0.4, -0.2) is 29.5 Å². The van der Waals surface area contributed by atoms with Gasteiger partial charge in [0.25, 0.3) is 0 Å². The smallest absolute Gasteiger partial charge is 0.0435 e. The predicted octanol–water partition coefficient (Wildman–Crippen LogP) is 4.50. The lowest BCUT2D eigenvalue weighted by atomic mass is 9.93. The van der Waals surface area contributed by atoms with Crippen LogP contribution in [0.3, 0.4) is 0 Å². The molecule has 0 saturated carbocycles. The van der Waals surface area contributed by atoms with Crippen molar-refractivity contribution >= 4 is 0 Å². The highest BCUT2D eigenvalue weighted by molar-refractivity contribution is 5.10. The van der Waals surface area contributed by atoms with Crippen LogP contribution < -0.4 is 0 Å². The van der Waals surface area contributed by atoms with Crippen LogP contribution in [0.4, 0.5) is 0 Å². The van der Waals surface area contributed by atoms with Gasteiger partial charge in [-0.2, -0.15) is 0 Å². The van der Waals surface area contributed by atoms with Crippen molar-refractivity contribution in [2.24, 2.45) is 5.92 Å². The van der Waals surface area contributed by atoms with E-state index in [0.29, 0.717) is 5.92 Å². The Labute approximate surface area is 124 Å². The summed E-state index contributed by atoms with van der Waals surface area (Å²) in [6.45, 7) is 14.4. The van der Waals surface area contributed by atoms with Crippen LogP contribution in [0.5, 0.6) is 0 Å². The van der Waals surface area contributed by atoms with E-state index in [0.717, 1.165) is 5.92 Å². The Bertz CT molecular complexity index is 340. The summed E-state index contributed by atoms with van der Waals surface area (Å²) in [6, 6.07) is 6.29. The van der Waals surface area contributed by atoms with E-state index in [9.17, 15) is 0 Å². The molecule has 1 aromatic heterocycles. The molecule has 2 heterocycles. The molecule has 0 radical (unpaired) electrons. The van der Waals surface area contributed by atoms with Gasteiger partial charge in [0, 0.05) is 17.8 Å². The van der Waals surface area contributed by atoms with Crippen molar-refractivity contribution in [1.82, 2.24) is 9.88 Å². The minimum atomic E-state index is 0.688. The van der Waals surface area contributed by atoms with E-state index in [4.69, 9.17) is 0 Å². The number of likely N-dealkylation sites (tertiary alicyclic amines) is 1. The van der Waals surface area contributed by atoms with E-state index in [1.54, 1.807) is 0 Å². The zero-order valence-corrected chi connectivity index (χ0v) is 13.2. The minimum absolute atomic E-state index is 0.688. The lowest BCUT2D eigenvalue weighted by molar-refractivity contribution is 0.205. The van der Waals surface area contributed by atoms with Gasteiger partial charge < -0.3 is 4.90 Å². The summed E-state index contributed by atoms with van der Waals surface area (Å²) in [4.78, 5) is 7.12. The van der Waals surface area contributed by atoms with Crippen LogP contribution in [0.15, 0.2) is 37.6 Å². The maximum atomic E-state index is 4.49. The van der Waals surface area contributed by atoms with Crippen LogP contribution in [0, 0.1) is 5.92 Å². The molecule has 1 aliphatic heterocycles. The Morgan fingerprint density at radius 2 is 1.95 bits per heavy atom. The van der Waals surface area contributed by atoms with Crippen molar-refractivity contribution < 1.29 is 0 Å². The molecule has 1 aromatic rings. The number of hydrogen-bond acceptors (Lipinski definition) is 2. The van der Waals surface area contributed by atoms with Gasteiger partial charge in [-0.1, -0.05) is 19.9 Å². The highest BCUT2D eigenvalue weighted by atomic mass is 15.1. The molecule has 0 spiro atoms. The summed E-state index contributed by atoms with van der Waals surface area (Å²) in [5, 5.41) is 0. The second-order valence-corrected chi connectivity index (χ2v) is 5.91. The molecular weight excluding hydrogens is 244 g/mol. The summed E-state index contributed by atoms with van der Waals surface area (Å²) in [7, 11) is 0. The molecule has 2 nitrogen and oxygen atoms in total. The molecule has 0 amide bonds. The second-order valence-electron chi connectivity index (χ2n) is 5.91. The molecule has 112 valence electrons. The average molecular weight is 274 g/mol. The third kappa shape index (κ3) is 5.87. The van der Waals surface area contributed by atoms with Gasteiger partial charge in [-0.15, -0.1) is 13.2 Å². The molecule has 0 N–H and O–H groups in total. The van der Waals surface area contributed by atoms with E-state index in [1.807, 2.05) is 12.3 Å². The molecule has 0 unspecified atom stereocenters. The average Bonchev–Trinajstić information content (AvgIpc) is 2.50. The zero-order valence-electron chi connectivity index (χ0n) is 13.2. The number of rotatable bonds is 5. The summed E-state index contributed by atoms with van der Waals surface area (Å²) in [5.74, 6) is 1.53. The molecular formula is C18H30N2. The van der Waals surface area contributed by atoms with Gasteiger partial charge in [-0.3, -0.25) is 4.98 Å². The van der Waals surface area contributed by atoms with Crippen molar-refractivity contribution in [1.29, 1.82) is 0 Å². The summed E-state index contributed by atoms with van der Waals surface area (Å²) in [6.07, 6.45) is 7.19. The Hall–Kier alpha value is -1.15. The Morgan fingerprint density at radius 1 is 1.25 bits per heavy atom. The number of nitrogens with zero attached hydrogens (tertiary/aromatic N) is 2. The number of pyridine rings is 1. The first-order chi connectivity index (χ1) is 9.75. The van der Waals surface area contributed by atoms with E-state index < -0.39 is 0 Å². The van der Waals surface area contributed by atoms with Crippen LogP contribution in [-0.2, 0) is 0 Å². The quantitative estimate of drug-likeness (QED) is 0.735. The third-order valence-electron chi connectivity index (χ3n) is 3.95. The molecule has 20 heavy (non-hydrogen) atoms. The lowest BCUT2D eigenvalue weighted by Gasteiger charge is -2.31. The Balaban J connectivity index is 0.000000956. The molecule has 0 atom stereocenters. The summed E-state index contributed by atoms with van der Waals surface area (Å²) < 4.78 is 0. The summed E-state index contributed by atoms with van der Waals surface area (Å²) in [5.41, 5.74) is 1.29. The van der Waals surface area contributed by atoms with E-state index in [-0.39, 0.29) is 0 Å². The van der Waals surface area contributed by atoms with Gasteiger partial charge in [0.05, 0.1) is 0 Å². The van der Waals surface area contributed by atoms with Crippen molar-refractivity contribution in [3.05, 3.63) is 43.2 Å². The van der Waals surface area contributed by atoms with Gasteiger partial charge in [0.1, 0.15) is 0 Å². The molecule has 0 aliphatic carbocycles. The third-order valence-corrected chi connectivity index (χ3v) is 3.95. The highest BCUT2D eigenvalue weighted by Crippen LogP contribution is 2.26. The molecule has 0 aromatic carbocycles. The van der Waals surface area contributed by atoms with Gasteiger partial charge in [0.2, 0.25) is 0 Å². The van der Waals surface area contributed by atoms with E-state index >= 15 is 0 Å². The van der Waals surface area contributed by atoms with Crippen molar-refractivity contribution in [3.63, 3.8) is 0 Å². The monoisotopic (exact) mass is 274 g/mol. The maximum Gasteiger partial charge on any atom is 0.0435 e. The largest absolute Gasteiger partial charge is 0.303 e. The Kier molecular flexibility index (Phi) is 8.20. The fourth-order valence-corrected chi connectivity index (χ4v) is 2.79. The van der Waals surface area contributed by atoms with Crippen LogP contribution in [0.2, 0.25) is 0 Å². The molecule has 2 rings (SSSR count). The van der Waals surface area contributed by atoms with Crippen LogP contribution in [0.25, 0.3) is 0 Å². The predicted molar refractivity (Wildman–Crippen MR) is 88.0 cm³/mol. The topological polar surface area (TPSA) is 16.1 Å². The maximum absolute atomic E-state index is 4.49. The number of piperidine rings is 1. The fraction of sp³-hybridized carbons (Fsp3) is 0.611. The van der Waals surface area contributed by atoms with Gasteiger partial charge in [-0.25, -0.2) is 0 Å². The SMILES string of the molecule is C=C.CC(C)CCCN1CCC(c2ccccn2)CC1. The van der Waals surface area contributed by atoms with E-state index in [1.165, 1.54) is 51.0 Å². The van der Waals surface area contributed by atoms with Crippen molar-refractivity contribution in [3.8, 4) is 0 Å². The molecule has 2 heteroatoms. The molecule has 1 fully saturated rings. The van der Waals surface area contributed by atoms with Crippen LogP contribution in [0.1, 0.15) is 51.1 Å². The van der Waals surface area contributed by atoms with E-state index in [2.05, 4.69) is 49.0 Å². The first-order valence-corrected chi connectivity index (χ1v) is 7.89. The zero-order chi connectivity index (χ0) is 14.8. The van der Waals surface area contributed by atoms with Crippen molar-refractivity contribution in [2.45, 2.75) is 45.4 Å². The number of aromatic nitrogens is 1. The normalized spacial score (nSPS) is 16.8. The first kappa shape index (κ1) is 16.9. The second kappa shape index (κ2) is 9.71. The first-order valence-electron chi connectivity index (χ1n) is 7.89. The fourth-order valence-electron chi connectivity index (χ4n) is 2.79. The summed E-state index contributed by atoms with van der Waals surface area (Å²) >= 11 is 0. The van der Waals surface area contributed by atoms with Gasteiger partial charge in [-0.05, 0) is 63.4 Å². The van der Waals surface area contributed by atoms with Gasteiger partial charge >= 0.3 is 0 Å². The molecule has 0 bridgehead atoms. The lowest BCUT2D eigenvalue weighted by Crippen LogP contribution is -2.34. The minimum Gasteiger partial charge on any atom is -0.303 e. The molecule has 1 aliphatic rings. The van der Waals surface area contributed by atoms with Crippen molar-refractivity contribution in [2.75, 3.05) is 19.6 Å². The van der Waals surface area contributed by atoms with Crippen LogP contribution >= 0.6 is 0 Å². The highest BCUT2D eigenvalue weighted by Gasteiger charge is 2.20. The molecule has 1 saturated heterocycles. The number of hydrogen-bond donors (Lipinski definition) is 0. The standard InChI is InChI=1S/C16H26N2.C2H4/c1-14(2)6-5-11-18-12-8-15(9-13-18)16-7-3-4-10-17-16;1-2/h3-4,7,10,14-15H,5-6,8-9,11-13H2,1-2H3;1-2H2.